The predicted molar refractivity (Wildman–Crippen MR) is 113 cm³/mol. The van der Waals surface area contributed by atoms with Crippen LogP contribution in [0.25, 0.3) is 27.7 Å². The van der Waals surface area contributed by atoms with Crippen LogP contribution in [0.5, 0.6) is 0 Å². The third-order valence-electron chi connectivity index (χ3n) is 5.25. The summed E-state index contributed by atoms with van der Waals surface area (Å²) in [5, 5.41) is 11.8. The number of nitrogens with zero attached hydrogens (tertiary/aromatic N) is 2. The zero-order valence-corrected chi connectivity index (χ0v) is 15.7. The van der Waals surface area contributed by atoms with Crippen molar-refractivity contribution in [3.63, 3.8) is 0 Å². The third kappa shape index (κ3) is 2.79. The number of nitrogens with one attached hydrogen (secondary N) is 1. The summed E-state index contributed by atoms with van der Waals surface area (Å²) >= 11 is 6.50. The van der Waals surface area contributed by atoms with Gasteiger partial charge >= 0.3 is 0 Å². The van der Waals surface area contributed by atoms with Crippen LogP contribution in [0.15, 0.2) is 66.7 Å². The van der Waals surface area contributed by atoms with Gasteiger partial charge in [-0.25, -0.2) is 4.68 Å². The Balaban J connectivity index is 1.79. The van der Waals surface area contributed by atoms with Gasteiger partial charge in [0, 0.05) is 17.7 Å². The maximum absolute atomic E-state index is 6.50. The first kappa shape index (κ1) is 16.4. The molecule has 2 heterocycles. The molecule has 0 fully saturated rings. The van der Waals surface area contributed by atoms with E-state index in [1.54, 1.807) is 0 Å². The number of benzene rings is 3. The largest absolute Gasteiger partial charge is 0.370 e. The lowest BCUT2D eigenvalue weighted by Gasteiger charge is -2.10. The van der Waals surface area contributed by atoms with Crippen LogP contribution in [0, 0.1) is 0 Å². The van der Waals surface area contributed by atoms with Crippen molar-refractivity contribution in [2.24, 2.45) is 0 Å². The summed E-state index contributed by atoms with van der Waals surface area (Å²) in [6.45, 7) is 0.956. The van der Waals surface area contributed by atoms with Gasteiger partial charge in [0.15, 0.2) is 0 Å². The van der Waals surface area contributed by atoms with E-state index in [2.05, 4.69) is 47.8 Å². The van der Waals surface area contributed by atoms with Gasteiger partial charge in [-0.15, -0.1) is 0 Å². The number of aromatic nitrogens is 2. The van der Waals surface area contributed by atoms with E-state index in [0.29, 0.717) is 5.02 Å². The van der Waals surface area contributed by atoms with Crippen LogP contribution >= 0.6 is 11.6 Å². The van der Waals surface area contributed by atoms with E-state index in [0.717, 1.165) is 43.0 Å². The van der Waals surface area contributed by atoms with Gasteiger partial charge in [-0.2, -0.15) is 5.10 Å². The van der Waals surface area contributed by atoms with E-state index in [4.69, 9.17) is 16.7 Å². The molecule has 0 saturated heterocycles. The predicted octanol–water partition coefficient (Wildman–Crippen LogP) is 6.09. The summed E-state index contributed by atoms with van der Waals surface area (Å²) in [7, 11) is 0. The topological polar surface area (TPSA) is 29.9 Å². The van der Waals surface area contributed by atoms with Crippen LogP contribution in [0.2, 0.25) is 5.02 Å². The molecule has 0 amide bonds. The van der Waals surface area contributed by atoms with Crippen LogP contribution in [0.3, 0.4) is 0 Å². The second-order valence-electron chi connectivity index (χ2n) is 6.95. The highest BCUT2D eigenvalue weighted by Crippen LogP contribution is 2.38. The lowest BCUT2D eigenvalue weighted by molar-refractivity contribution is 0.780. The SMILES string of the molecule is Clc1ccccc1-n1nc(-c2cccc3ccccc23)c2c1NCCCC2. The van der Waals surface area contributed by atoms with Crippen LogP contribution in [0.1, 0.15) is 18.4 Å². The minimum atomic E-state index is 0.707. The first-order chi connectivity index (χ1) is 13.3. The van der Waals surface area contributed by atoms with Crippen molar-refractivity contribution in [2.75, 3.05) is 11.9 Å². The highest BCUT2D eigenvalue weighted by Gasteiger charge is 2.23. The Hall–Kier alpha value is -2.78. The van der Waals surface area contributed by atoms with Crippen LogP contribution in [0.4, 0.5) is 5.82 Å². The van der Waals surface area contributed by atoms with Gasteiger partial charge < -0.3 is 5.32 Å². The Morgan fingerprint density at radius 2 is 1.70 bits per heavy atom. The van der Waals surface area contributed by atoms with Gasteiger partial charge in [0.25, 0.3) is 0 Å². The van der Waals surface area contributed by atoms with Crippen molar-refractivity contribution in [3.05, 3.63) is 77.3 Å². The normalized spacial score (nSPS) is 13.8. The zero-order valence-electron chi connectivity index (χ0n) is 15.0. The molecule has 0 saturated carbocycles. The number of rotatable bonds is 2. The van der Waals surface area contributed by atoms with Crippen molar-refractivity contribution in [3.8, 4) is 16.9 Å². The van der Waals surface area contributed by atoms with E-state index in [9.17, 15) is 0 Å². The van der Waals surface area contributed by atoms with Crippen molar-refractivity contribution < 1.29 is 0 Å². The number of hydrogen-bond donors (Lipinski definition) is 1. The molecule has 4 heteroatoms. The lowest BCUT2D eigenvalue weighted by atomic mass is 9.98. The second kappa shape index (κ2) is 6.75. The minimum Gasteiger partial charge on any atom is -0.370 e. The van der Waals surface area contributed by atoms with Crippen molar-refractivity contribution in [1.82, 2.24) is 9.78 Å². The minimum absolute atomic E-state index is 0.707. The average molecular weight is 374 g/mol. The van der Waals surface area contributed by atoms with E-state index >= 15 is 0 Å². The van der Waals surface area contributed by atoms with Gasteiger partial charge in [-0.1, -0.05) is 66.2 Å². The van der Waals surface area contributed by atoms with E-state index in [1.165, 1.54) is 21.9 Å². The summed E-state index contributed by atoms with van der Waals surface area (Å²) in [6.07, 6.45) is 3.34. The molecule has 0 unspecified atom stereocenters. The Morgan fingerprint density at radius 3 is 2.63 bits per heavy atom. The molecule has 1 aliphatic rings. The first-order valence-electron chi connectivity index (χ1n) is 9.42. The molecule has 0 spiro atoms. The highest BCUT2D eigenvalue weighted by atomic mass is 35.5. The summed E-state index contributed by atoms with van der Waals surface area (Å²) in [5.41, 5.74) is 4.43. The molecule has 1 N–H and O–H groups in total. The number of hydrogen-bond acceptors (Lipinski definition) is 2. The molecule has 134 valence electrons. The maximum Gasteiger partial charge on any atom is 0.133 e. The molecule has 4 aromatic rings. The molecule has 1 aliphatic heterocycles. The summed E-state index contributed by atoms with van der Waals surface area (Å²) in [6, 6.07) is 22.8. The maximum atomic E-state index is 6.50. The summed E-state index contributed by atoms with van der Waals surface area (Å²) in [5.74, 6) is 1.07. The third-order valence-corrected chi connectivity index (χ3v) is 5.57. The van der Waals surface area contributed by atoms with E-state index in [1.807, 2.05) is 28.9 Å². The van der Waals surface area contributed by atoms with E-state index < -0.39 is 0 Å². The van der Waals surface area contributed by atoms with Crippen LogP contribution in [-0.4, -0.2) is 16.3 Å². The zero-order chi connectivity index (χ0) is 18.2. The number of para-hydroxylation sites is 1. The molecule has 1 aromatic heterocycles. The van der Waals surface area contributed by atoms with Crippen molar-refractivity contribution in [1.29, 1.82) is 0 Å². The molecule has 5 rings (SSSR count). The van der Waals surface area contributed by atoms with Gasteiger partial charge in [0.1, 0.15) is 5.82 Å². The summed E-state index contributed by atoms with van der Waals surface area (Å²) in [4.78, 5) is 0. The average Bonchev–Trinajstić information content (AvgIpc) is 2.88. The molecule has 0 radical (unpaired) electrons. The molecular weight excluding hydrogens is 354 g/mol. The smallest absolute Gasteiger partial charge is 0.133 e. The molecule has 0 aliphatic carbocycles. The standard InChI is InChI=1S/C23H20ClN3/c24-20-13-3-4-14-21(20)27-23-19(11-5-6-15-25-23)22(26-27)18-12-7-9-16-8-1-2-10-17(16)18/h1-4,7-10,12-14,25H,5-6,11,15H2. The van der Waals surface area contributed by atoms with Gasteiger partial charge in [-0.05, 0) is 42.2 Å². The highest BCUT2D eigenvalue weighted by molar-refractivity contribution is 6.32. The number of fused-ring (bicyclic) bond motifs is 2. The number of halogens is 1. The second-order valence-corrected chi connectivity index (χ2v) is 7.36. The number of anilines is 1. The van der Waals surface area contributed by atoms with Crippen molar-refractivity contribution in [2.45, 2.75) is 19.3 Å². The molecular formula is C23H20ClN3. The van der Waals surface area contributed by atoms with Gasteiger partial charge in [-0.3, -0.25) is 0 Å². The Labute approximate surface area is 163 Å². The first-order valence-corrected chi connectivity index (χ1v) is 9.79. The fourth-order valence-electron chi connectivity index (χ4n) is 3.95. The molecule has 0 atom stereocenters. The van der Waals surface area contributed by atoms with E-state index in [-0.39, 0.29) is 0 Å². The van der Waals surface area contributed by atoms with Gasteiger partial charge in [0.2, 0.25) is 0 Å². The Kier molecular flexibility index (Phi) is 4.10. The molecule has 0 bridgehead atoms. The quantitative estimate of drug-likeness (QED) is 0.460. The Morgan fingerprint density at radius 1 is 0.889 bits per heavy atom. The molecule has 27 heavy (non-hydrogen) atoms. The van der Waals surface area contributed by atoms with Crippen LogP contribution in [-0.2, 0) is 6.42 Å². The fourth-order valence-corrected chi connectivity index (χ4v) is 4.16. The Bertz CT molecular complexity index is 1120. The lowest BCUT2D eigenvalue weighted by Crippen LogP contribution is -2.07. The fraction of sp³-hybridized carbons (Fsp3) is 0.174. The van der Waals surface area contributed by atoms with Crippen molar-refractivity contribution >= 4 is 28.2 Å². The van der Waals surface area contributed by atoms with Crippen LogP contribution < -0.4 is 5.32 Å². The summed E-state index contributed by atoms with van der Waals surface area (Å²) < 4.78 is 1.99. The monoisotopic (exact) mass is 373 g/mol. The van der Waals surface area contributed by atoms with Gasteiger partial charge in [0.05, 0.1) is 16.4 Å². The molecule has 3 aromatic carbocycles. The molecule has 3 nitrogen and oxygen atoms in total.